The molecule has 0 atom stereocenters. The molecular formula is C16H14OS3. The Kier molecular flexibility index (Phi) is 3.25. The van der Waals surface area contributed by atoms with E-state index >= 15 is 0 Å². The molecule has 102 valence electrons. The minimum absolute atomic E-state index is 0.997. The molecule has 1 fully saturated rings. The van der Waals surface area contributed by atoms with E-state index in [-0.39, 0.29) is 0 Å². The molecule has 2 aromatic rings. The van der Waals surface area contributed by atoms with Gasteiger partial charge in [0.2, 0.25) is 0 Å². The molecule has 0 amide bonds. The Morgan fingerprint density at radius 2 is 1.35 bits per heavy atom. The van der Waals surface area contributed by atoms with Crippen LogP contribution in [0.2, 0.25) is 0 Å². The van der Waals surface area contributed by atoms with E-state index in [4.69, 9.17) is 0 Å². The Morgan fingerprint density at radius 3 is 1.75 bits per heavy atom. The van der Waals surface area contributed by atoms with E-state index in [1.165, 1.54) is 33.7 Å². The summed E-state index contributed by atoms with van der Waals surface area (Å²) in [4.78, 5) is 4.56. The number of fused-ring (bicyclic) bond motifs is 1. The third kappa shape index (κ3) is 1.90. The molecule has 1 aliphatic carbocycles. The fourth-order valence-electron chi connectivity index (χ4n) is 3.03. The lowest BCUT2D eigenvalue weighted by atomic mass is 9.88. The molecular weight excluding hydrogens is 304 g/mol. The minimum atomic E-state index is -0.997. The van der Waals surface area contributed by atoms with Crippen molar-refractivity contribution in [2.75, 3.05) is 0 Å². The molecule has 2 aliphatic rings. The van der Waals surface area contributed by atoms with Crippen molar-refractivity contribution in [2.45, 2.75) is 25.7 Å². The molecule has 0 unspecified atom stereocenters. The van der Waals surface area contributed by atoms with Crippen LogP contribution in [-0.2, 0) is 10.8 Å². The normalized spacial score (nSPS) is 19.8. The average Bonchev–Trinajstić information content (AvgIpc) is 3.16. The van der Waals surface area contributed by atoms with Gasteiger partial charge in [0.1, 0.15) is 0 Å². The average molecular weight is 318 g/mol. The lowest BCUT2D eigenvalue weighted by Gasteiger charge is -2.16. The molecule has 1 aliphatic heterocycles. The number of hydrogen-bond donors (Lipinski definition) is 0. The maximum absolute atomic E-state index is 13.1. The first-order valence-corrected chi connectivity index (χ1v) is 9.73. The van der Waals surface area contributed by atoms with Gasteiger partial charge >= 0.3 is 0 Å². The smallest absolute Gasteiger partial charge is 0.0884 e. The minimum Gasteiger partial charge on any atom is -0.249 e. The van der Waals surface area contributed by atoms with Gasteiger partial charge in [0.25, 0.3) is 0 Å². The van der Waals surface area contributed by atoms with Gasteiger partial charge in [-0.25, -0.2) is 4.21 Å². The number of thiophene rings is 2. The van der Waals surface area contributed by atoms with Crippen molar-refractivity contribution in [3.63, 3.8) is 0 Å². The maximum atomic E-state index is 13.1. The fourth-order valence-corrected chi connectivity index (χ4v) is 6.76. The van der Waals surface area contributed by atoms with Crippen LogP contribution in [0.3, 0.4) is 0 Å². The Bertz CT molecular complexity index is 656. The summed E-state index contributed by atoms with van der Waals surface area (Å²) in [5, 5.41) is 4.15. The van der Waals surface area contributed by atoms with Gasteiger partial charge in [-0.2, -0.15) is 0 Å². The number of allylic oxidation sites excluding steroid dienone is 2. The van der Waals surface area contributed by atoms with Crippen molar-refractivity contribution in [3.05, 3.63) is 55.9 Å². The largest absolute Gasteiger partial charge is 0.249 e. The molecule has 0 radical (unpaired) electrons. The van der Waals surface area contributed by atoms with Crippen molar-refractivity contribution < 1.29 is 4.21 Å². The van der Waals surface area contributed by atoms with Gasteiger partial charge in [-0.3, -0.25) is 0 Å². The van der Waals surface area contributed by atoms with Crippen molar-refractivity contribution in [1.29, 1.82) is 0 Å². The Labute approximate surface area is 129 Å². The predicted octanol–water partition coefficient (Wildman–Crippen LogP) is 5.27. The molecule has 3 heterocycles. The van der Waals surface area contributed by atoms with Crippen LogP contribution in [0.1, 0.15) is 35.4 Å². The zero-order valence-electron chi connectivity index (χ0n) is 10.9. The van der Waals surface area contributed by atoms with E-state index in [1.54, 1.807) is 22.7 Å². The topological polar surface area (TPSA) is 17.1 Å². The summed E-state index contributed by atoms with van der Waals surface area (Å²) in [6, 6.07) is 8.32. The second-order valence-electron chi connectivity index (χ2n) is 5.05. The maximum Gasteiger partial charge on any atom is 0.0884 e. The van der Waals surface area contributed by atoms with Crippen molar-refractivity contribution in [3.8, 4) is 0 Å². The molecule has 0 bridgehead atoms. The molecule has 0 aromatic carbocycles. The molecule has 4 rings (SSSR count). The van der Waals surface area contributed by atoms with Crippen LogP contribution in [0.15, 0.2) is 46.2 Å². The van der Waals surface area contributed by atoms with Gasteiger partial charge in [-0.1, -0.05) is 12.1 Å². The summed E-state index contributed by atoms with van der Waals surface area (Å²) in [5.74, 6) is 0. The van der Waals surface area contributed by atoms with E-state index in [1.807, 2.05) is 0 Å². The van der Waals surface area contributed by atoms with Gasteiger partial charge in [0, 0.05) is 9.75 Å². The summed E-state index contributed by atoms with van der Waals surface area (Å²) >= 11 is 3.41. The van der Waals surface area contributed by atoms with Crippen molar-refractivity contribution in [1.82, 2.24) is 0 Å². The van der Waals surface area contributed by atoms with Crippen LogP contribution in [0.4, 0.5) is 0 Å². The molecule has 4 heteroatoms. The van der Waals surface area contributed by atoms with Crippen LogP contribution in [0, 0.1) is 0 Å². The zero-order chi connectivity index (χ0) is 13.5. The summed E-state index contributed by atoms with van der Waals surface area (Å²) in [6.07, 6.45) is 4.62. The highest BCUT2D eigenvalue weighted by molar-refractivity contribution is 8.04. The highest BCUT2D eigenvalue weighted by Gasteiger charge is 2.34. The number of hydrogen-bond acceptors (Lipinski definition) is 3. The van der Waals surface area contributed by atoms with E-state index in [0.29, 0.717) is 0 Å². The van der Waals surface area contributed by atoms with Crippen LogP contribution in [0.25, 0.3) is 9.81 Å². The third-order valence-electron chi connectivity index (χ3n) is 3.88. The fraction of sp³-hybridized carbons (Fsp3) is 0.250. The lowest BCUT2D eigenvalue weighted by molar-refractivity contribution is 0.685. The first-order chi connectivity index (χ1) is 9.86. The second-order valence-corrected chi connectivity index (χ2v) is 8.30. The summed E-state index contributed by atoms with van der Waals surface area (Å²) in [7, 11) is -0.997. The SMILES string of the molecule is O=S1C(c2cccs2)=C2CCCCC2=C1c1cccs1. The zero-order valence-corrected chi connectivity index (χ0v) is 13.4. The quantitative estimate of drug-likeness (QED) is 0.737. The van der Waals surface area contributed by atoms with Crippen molar-refractivity contribution >= 4 is 43.3 Å². The molecule has 1 saturated carbocycles. The highest BCUT2D eigenvalue weighted by atomic mass is 32.2. The number of rotatable bonds is 2. The van der Waals surface area contributed by atoms with Gasteiger partial charge in [-0.15, -0.1) is 22.7 Å². The van der Waals surface area contributed by atoms with Gasteiger partial charge < -0.3 is 0 Å². The molecule has 2 aromatic heterocycles. The van der Waals surface area contributed by atoms with Gasteiger partial charge in [0.05, 0.1) is 20.6 Å². The van der Waals surface area contributed by atoms with Crippen LogP contribution in [0.5, 0.6) is 0 Å². The standard InChI is InChI=1S/C16H14OS3/c17-20-15(13-7-3-9-18-13)11-5-1-2-6-12(11)16(20)14-8-4-10-19-14/h3-4,7-10H,1-2,5-6H2. The Hall–Kier alpha value is -0.970. The molecule has 0 spiro atoms. The van der Waals surface area contributed by atoms with Crippen LogP contribution < -0.4 is 0 Å². The highest BCUT2D eigenvalue weighted by Crippen LogP contribution is 2.50. The first kappa shape index (κ1) is 12.7. The molecule has 0 saturated heterocycles. The predicted molar refractivity (Wildman–Crippen MR) is 89.1 cm³/mol. The van der Waals surface area contributed by atoms with E-state index in [9.17, 15) is 4.21 Å². The van der Waals surface area contributed by atoms with E-state index in [2.05, 4.69) is 35.0 Å². The molecule has 20 heavy (non-hydrogen) atoms. The summed E-state index contributed by atoms with van der Waals surface area (Å²) < 4.78 is 13.1. The first-order valence-electron chi connectivity index (χ1n) is 6.82. The molecule has 0 N–H and O–H groups in total. The van der Waals surface area contributed by atoms with Crippen LogP contribution in [-0.4, -0.2) is 4.21 Å². The Morgan fingerprint density at radius 1 is 0.850 bits per heavy atom. The van der Waals surface area contributed by atoms with Gasteiger partial charge in [-0.05, 0) is 59.7 Å². The monoisotopic (exact) mass is 318 g/mol. The lowest BCUT2D eigenvalue weighted by Crippen LogP contribution is -1.98. The van der Waals surface area contributed by atoms with Crippen molar-refractivity contribution in [2.24, 2.45) is 0 Å². The third-order valence-corrected chi connectivity index (χ3v) is 7.58. The second kappa shape index (κ2) is 5.10. The van der Waals surface area contributed by atoms with Gasteiger partial charge in [0.15, 0.2) is 0 Å². The van der Waals surface area contributed by atoms with Crippen LogP contribution >= 0.6 is 22.7 Å². The van der Waals surface area contributed by atoms with E-state index < -0.39 is 10.8 Å². The summed E-state index contributed by atoms with van der Waals surface area (Å²) in [5.41, 5.74) is 2.75. The summed E-state index contributed by atoms with van der Waals surface area (Å²) in [6.45, 7) is 0. The molecule has 1 nitrogen and oxygen atoms in total. The Balaban J connectivity index is 1.90. The van der Waals surface area contributed by atoms with E-state index in [0.717, 1.165) is 22.7 Å².